The molecule has 0 fully saturated rings. The second kappa shape index (κ2) is 11.1. The Labute approximate surface area is 224 Å². The van der Waals surface area contributed by atoms with E-state index in [1.807, 2.05) is 46.3 Å². The molecule has 1 aliphatic heterocycles. The zero-order chi connectivity index (χ0) is 27.5. The molecule has 1 unspecified atom stereocenters. The van der Waals surface area contributed by atoms with Gasteiger partial charge in [0.1, 0.15) is 0 Å². The van der Waals surface area contributed by atoms with Crippen molar-refractivity contribution in [1.82, 2.24) is 5.01 Å². The maximum atomic E-state index is 13.6. The Morgan fingerprint density at radius 1 is 1.00 bits per heavy atom. The molecule has 0 amide bonds. The molecule has 0 aliphatic carbocycles. The molecule has 13 heteroatoms. The van der Waals surface area contributed by atoms with E-state index >= 15 is 0 Å². The van der Waals surface area contributed by atoms with Crippen LogP contribution in [0.25, 0.3) is 0 Å². The third-order valence-corrected chi connectivity index (χ3v) is 7.14. The number of nitrogens with two attached hydrogens (primary N) is 1. The second-order valence-corrected chi connectivity index (χ2v) is 10.8. The molecule has 0 saturated carbocycles. The van der Waals surface area contributed by atoms with Crippen LogP contribution in [-0.2, 0) is 16.2 Å². The monoisotopic (exact) mass is 611 g/mol. The Hall–Kier alpha value is -3.54. The van der Waals surface area contributed by atoms with Gasteiger partial charge in [-0.05, 0) is 0 Å². The number of rotatable bonds is 4. The van der Waals surface area contributed by atoms with E-state index in [0.29, 0.717) is 29.8 Å². The number of sulfonamides is 1. The van der Waals surface area contributed by atoms with Crippen molar-refractivity contribution in [3.8, 4) is 0 Å². The molecule has 0 saturated heterocycles. The number of amidine groups is 1. The molecule has 0 spiro atoms. The number of benzene rings is 3. The van der Waals surface area contributed by atoms with Crippen molar-refractivity contribution in [1.29, 1.82) is 0 Å². The second-order valence-electron chi connectivity index (χ2n) is 8.23. The van der Waals surface area contributed by atoms with E-state index in [9.17, 15) is 26.0 Å². The summed E-state index contributed by atoms with van der Waals surface area (Å²) in [6.07, 6.45) is -4.14. The molecule has 7 nitrogen and oxygen atoms in total. The molecule has 2 N–H and O–H groups in total. The average Bonchev–Trinajstić information content (AvgIpc) is 2.88. The molecular formula is C25H21F4N5O2SSe. The third-order valence-electron chi connectivity index (χ3n) is 5.66. The molecule has 198 valence electrons. The van der Waals surface area contributed by atoms with Gasteiger partial charge in [-0.1, -0.05) is 0 Å². The Kier molecular flexibility index (Phi) is 8.00. The van der Waals surface area contributed by atoms with Crippen LogP contribution < -0.4 is 5.73 Å². The Bertz CT molecular complexity index is 1490. The van der Waals surface area contributed by atoms with Gasteiger partial charge in [-0.25, -0.2) is 0 Å². The van der Waals surface area contributed by atoms with Crippen LogP contribution in [0.1, 0.15) is 29.0 Å². The van der Waals surface area contributed by atoms with E-state index in [1.54, 1.807) is 12.1 Å². The van der Waals surface area contributed by atoms with Gasteiger partial charge < -0.3 is 0 Å². The van der Waals surface area contributed by atoms with Crippen LogP contribution in [0.5, 0.6) is 0 Å². The number of hydrogen-bond donors (Lipinski definition) is 1. The van der Waals surface area contributed by atoms with Gasteiger partial charge in [-0.2, -0.15) is 0 Å². The van der Waals surface area contributed by atoms with E-state index in [2.05, 4.69) is 14.5 Å². The Balaban J connectivity index is 1.78. The quantitative estimate of drug-likeness (QED) is 0.209. The molecule has 38 heavy (non-hydrogen) atoms. The first-order chi connectivity index (χ1) is 17.9. The fourth-order valence-corrected chi connectivity index (χ4v) is 5.00. The van der Waals surface area contributed by atoms with Crippen molar-refractivity contribution < 1.29 is 26.0 Å². The molecule has 1 atom stereocenters. The summed E-state index contributed by atoms with van der Waals surface area (Å²) >= 11 is 1.94. The van der Waals surface area contributed by atoms with E-state index in [-0.39, 0.29) is 23.2 Å². The Morgan fingerprint density at radius 3 is 2.21 bits per heavy atom. The number of hydrogen-bond acceptors (Lipinski definition) is 3. The first kappa shape index (κ1) is 27.5. The van der Waals surface area contributed by atoms with Crippen molar-refractivity contribution in [2.24, 2.45) is 20.2 Å². The van der Waals surface area contributed by atoms with E-state index in [4.69, 9.17) is 5.73 Å². The van der Waals surface area contributed by atoms with E-state index in [1.165, 1.54) is 17.1 Å². The number of halogens is 4. The van der Waals surface area contributed by atoms with Crippen LogP contribution in [0.15, 0.2) is 98.2 Å². The Morgan fingerprint density at radius 2 is 1.63 bits per heavy atom. The molecular weight excluding hydrogens is 589 g/mol. The number of aliphatic imine (C=N–C) groups is 1. The topological polar surface area (TPSA) is 100 Å². The van der Waals surface area contributed by atoms with E-state index < -0.39 is 32.5 Å². The summed E-state index contributed by atoms with van der Waals surface area (Å²) in [6, 6.07) is 18.2. The van der Waals surface area contributed by atoms with Gasteiger partial charge in [0.2, 0.25) is 0 Å². The molecule has 1 aliphatic rings. The summed E-state index contributed by atoms with van der Waals surface area (Å²) in [7, 11) is -4.48. The first-order valence-electron chi connectivity index (χ1n) is 11.2. The van der Waals surface area contributed by atoms with Gasteiger partial charge in [0, 0.05) is 0 Å². The molecule has 4 rings (SSSR count). The average molecular weight is 610 g/mol. The van der Waals surface area contributed by atoms with Gasteiger partial charge >= 0.3 is 225 Å². The standard InChI is InChI=1S/C25H21F4N5O2SSe/c26-19-10-6-17(7-11-19)22-21(16-4-2-1-3-5-16)14-15-34(32-22)24(31-23(30)38)33-37(35,36)20-12-8-18(9-13-20)25(27,28)29/h1-13,21H,14-15H2,(H3,30,31,33,38). The fourth-order valence-electron chi connectivity index (χ4n) is 3.88. The van der Waals surface area contributed by atoms with Gasteiger partial charge in [-0.15, -0.1) is 0 Å². The minimum atomic E-state index is -4.62. The SMILES string of the molecule is N/C([SeH])=N\C(=N\S(=O)(=O)c1ccc(C(F)(F)F)cc1)N1CCC(c2ccccc2)C(c2ccc(F)cc2)=N1. The maximum absolute atomic E-state index is 13.6. The number of hydrazone groups is 1. The zero-order valence-corrected chi connectivity index (χ0v) is 22.2. The zero-order valence-electron chi connectivity index (χ0n) is 19.5. The van der Waals surface area contributed by atoms with Crippen molar-refractivity contribution in [2.45, 2.75) is 23.4 Å². The number of alkyl halides is 3. The summed E-state index contributed by atoms with van der Waals surface area (Å²) in [4.78, 5) is 3.57. The molecule has 0 aromatic heterocycles. The fraction of sp³-hybridized carbons (Fsp3) is 0.160. The predicted molar refractivity (Wildman–Crippen MR) is 138 cm³/mol. The first-order valence-corrected chi connectivity index (χ1v) is 13.5. The predicted octanol–water partition coefficient (Wildman–Crippen LogP) is 4.00. The summed E-state index contributed by atoms with van der Waals surface area (Å²) in [6.45, 7) is 0.204. The number of guanidine groups is 1. The van der Waals surface area contributed by atoms with Gasteiger partial charge in [0.05, 0.1) is 0 Å². The van der Waals surface area contributed by atoms with Crippen LogP contribution in [-0.4, -0.2) is 52.4 Å². The third kappa shape index (κ3) is 6.47. The molecule has 0 bridgehead atoms. The van der Waals surface area contributed by atoms with Crippen LogP contribution in [0.4, 0.5) is 17.6 Å². The van der Waals surface area contributed by atoms with Gasteiger partial charge in [0.25, 0.3) is 0 Å². The summed E-state index contributed by atoms with van der Waals surface area (Å²) in [5, 5.41) is 5.90. The summed E-state index contributed by atoms with van der Waals surface area (Å²) in [5.74, 6) is -0.983. The van der Waals surface area contributed by atoms with E-state index in [0.717, 1.165) is 17.7 Å². The minimum absolute atomic E-state index is 0.0671. The molecule has 3 aromatic rings. The molecule has 3 aromatic carbocycles. The van der Waals surface area contributed by atoms with Crippen molar-refractivity contribution in [3.63, 3.8) is 0 Å². The van der Waals surface area contributed by atoms with Crippen LogP contribution in [0.2, 0.25) is 0 Å². The summed E-state index contributed by atoms with van der Waals surface area (Å²) < 4.78 is 82.1. The molecule has 1 heterocycles. The summed E-state index contributed by atoms with van der Waals surface area (Å²) in [5.41, 5.74) is 6.81. The van der Waals surface area contributed by atoms with Crippen molar-refractivity contribution >= 4 is 42.4 Å². The number of nitrogens with zero attached hydrogens (tertiary/aromatic N) is 4. The van der Waals surface area contributed by atoms with Crippen LogP contribution in [0.3, 0.4) is 0 Å². The van der Waals surface area contributed by atoms with Gasteiger partial charge in [-0.3, -0.25) is 0 Å². The van der Waals surface area contributed by atoms with Gasteiger partial charge in [0.15, 0.2) is 0 Å². The van der Waals surface area contributed by atoms with Crippen LogP contribution >= 0.6 is 0 Å². The van der Waals surface area contributed by atoms with Crippen LogP contribution in [0, 0.1) is 5.82 Å². The van der Waals surface area contributed by atoms with Crippen molar-refractivity contribution in [2.75, 3.05) is 6.54 Å². The van der Waals surface area contributed by atoms with Crippen molar-refractivity contribution in [3.05, 3.63) is 101 Å². The normalized spacial score (nSPS) is 17.3. The molecule has 0 radical (unpaired) electrons.